The third-order valence-corrected chi connectivity index (χ3v) is 3.05. The number of aromatic nitrogens is 2. The summed E-state index contributed by atoms with van der Waals surface area (Å²) < 4.78 is 3.06. The van der Waals surface area contributed by atoms with E-state index < -0.39 is 0 Å². The molecule has 0 unspecified atom stereocenters. The van der Waals surface area contributed by atoms with Crippen LogP contribution < -0.4 is 5.32 Å². The average molecular weight is 294 g/mol. The van der Waals surface area contributed by atoms with E-state index in [1.54, 1.807) is 0 Å². The van der Waals surface area contributed by atoms with Gasteiger partial charge in [-0.25, -0.2) is 0 Å². The maximum atomic E-state index is 4.31. The van der Waals surface area contributed by atoms with Gasteiger partial charge in [-0.05, 0) is 38.1 Å². The molecule has 0 saturated heterocycles. The van der Waals surface area contributed by atoms with Gasteiger partial charge in [0.05, 0.1) is 6.20 Å². The topological polar surface area (TPSA) is 29.9 Å². The van der Waals surface area contributed by atoms with E-state index in [-0.39, 0.29) is 0 Å². The standard InChI is InChI=1S/C13H16BrN3/c1-10(2)17-9-11(8-16-17)7-15-13-5-3-12(14)4-6-13/h3-6,8-10,15H,7H2,1-2H3. The van der Waals surface area contributed by atoms with Gasteiger partial charge in [0, 0.05) is 34.5 Å². The van der Waals surface area contributed by atoms with Crippen LogP contribution in [0.2, 0.25) is 0 Å². The Morgan fingerprint density at radius 3 is 2.59 bits per heavy atom. The minimum Gasteiger partial charge on any atom is -0.381 e. The van der Waals surface area contributed by atoms with Gasteiger partial charge in [-0.15, -0.1) is 0 Å². The van der Waals surface area contributed by atoms with Crippen LogP contribution in [0.1, 0.15) is 25.5 Å². The van der Waals surface area contributed by atoms with Crippen molar-refractivity contribution in [2.24, 2.45) is 0 Å². The highest BCUT2D eigenvalue weighted by molar-refractivity contribution is 9.10. The van der Waals surface area contributed by atoms with Crippen LogP contribution in [0.25, 0.3) is 0 Å². The highest BCUT2D eigenvalue weighted by Crippen LogP contribution is 2.15. The molecule has 1 heterocycles. The third-order valence-electron chi connectivity index (χ3n) is 2.52. The number of benzene rings is 1. The second-order valence-electron chi connectivity index (χ2n) is 4.28. The Kier molecular flexibility index (Phi) is 3.84. The van der Waals surface area contributed by atoms with Gasteiger partial charge >= 0.3 is 0 Å². The first-order chi connectivity index (χ1) is 8.15. The van der Waals surface area contributed by atoms with Crippen molar-refractivity contribution in [2.45, 2.75) is 26.4 Å². The van der Waals surface area contributed by atoms with Gasteiger partial charge in [0.1, 0.15) is 0 Å². The quantitative estimate of drug-likeness (QED) is 0.928. The largest absolute Gasteiger partial charge is 0.381 e. The lowest BCUT2D eigenvalue weighted by atomic mass is 10.3. The zero-order chi connectivity index (χ0) is 12.3. The fraction of sp³-hybridized carbons (Fsp3) is 0.308. The molecule has 0 spiro atoms. The van der Waals surface area contributed by atoms with Crippen molar-refractivity contribution in [3.05, 3.63) is 46.7 Å². The highest BCUT2D eigenvalue weighted by atomic mass is 79.9. The summed E-state index contributed by atoms with van der Waals surface area (Å²) in [7, 11) is 0. The SMILES string of the molecule is CC(C)n1cc(CNc2ccc(Br)cc2)cn1. The van der Waals surface area contributed by atoms with E-state index in [4.69, 9.17) is 0 Å². The Balaban J connectivity index is 1.95. The van der Waals surface area contributed by atoms with Gasteiger partial charge in [-0.1, -0.05) is 15.9 Å². The van der Waals surface area contributed by atoms with Crippen LogP contribution in [0.4, 0.5) is 5.69 Å². The van der Waals surface area contributed by atoms with Crippen molar-refractivity contribution in [1.82, 2.24) is 9.78 Å². The zero-order valence-electron chi connectivity index (χ0n) is 10.0. The molecule has 1 aromatic carbocycles. The molecule has 17 heavy (non-hydrogen) atoms. The Labute approximate surface area is 110 Å². The van der Waals surface area contributed by atoms with Crippen molar-refractivity contribution < 1.29 is 0 Å². The second-order valence-corrected chi connectivity index (χ2v) is 5.20. The van der Waals surface area contributed by atoms with E-state index in [2.05, 4.69) is 58.5 Å². The molecule has 0 radical (unpaired) electrons. The predicted molar refractivity (Wildman–Crippen MR) is 74.1 cm³/mol. The summed E-state index contributed by atoms with van der Waals surface area (Å²) in [5, 5.41) is 7.68. The molecular formula is C13H16BrN3. The number of anilines is 1. The van der Waals surface area contributed by atoms with Crippen molar-refractivity contribution in [3.63, 3.8) is 0 Å². The maximum absolute atomic E-state index is 4.31. The summed E-state index contributed by atoms with van der Waals surface area (Å²) >= 11 is 3.42. The van der Waals surface area contributed by atoms with E-state index in [0.717, 1.165) is 16.7 Å². The van der Waals surface area contributed by atoms with Gasteiger partial charge in [-0.3, -0.25) is 4.68 Å². The molecule has 90 valence electrons. The summed E-state index contributed by atoms with van der Waals surface area (Å²) in [6.45, 7) is 5.05. The molecule has 0 amide bonds. The molecule has 0 bridgehead atoms. The number of nitrogens with one attached hydrogen (secondary N) is 1. The summed E-state index contributed by atoms with van der Waals surface area (Å²) in [4.78, 5) is 0. The van der Waals surface area contributed by atoms with Gasteiger partial charge in [-0.2, -0.15) is 5.10 Å². The summed E-state index contributed by atoms with van der Waals surface area (Å²) in [5.74, 6) is 0. The van der Waals surface area contributed by atoms with Gasteiger partial charge < -0.3 is 5.32 Å². The fourth-order valence-electron chi connectivity index (χ4n) is 1.52. The molecule has 0 aliphatic heterocycles. The van der Waals surface area contributed by atoms with E-state index in [9.17, 15) is 0 Å². The van der Waals surface area contributed by atoms with Crippen LogP contribution in [0.5, 0.6) is 0 Å². The van der Waals surface area contributed by atoms with Crippen molar-refractivity contribution in [3.8, 4) is 0 Å². The minimum absolute atomic E-state index is 0.413. The van der Waals surface area contributed by atoms with Gasteiger partial charge in [0.15, 0.2) is 0 Å². The molecular weight excluding hydrogens is 278 g/mol. The molecule has 0 fully saturated rings. The van der Waals surface area contributed by atoms with Crippen LogP contribution >= 0.6 is 15.9 Å². The highest BCUT2D eigenvalue weighted by Gasteiger charge is 2.01. The molecule has 1 N–H and O–H groups in total. The second kappa shape index (κ2) is 5.36. The summed E-state index contributed by atoms with van der Waals surface area (Å²) in [6, 6.07) is 8.57. The molecule has 1 aromatic heterocycles. The Hall–Kier alpha value is -1.29. The maximum Gasteiger partial charge on any atom is 0.0539 e. The molecule has 4 heteroatoms. The number of nitrogens with zero attached hydrogens (tertiary/aromatic N) is 2. The number of hydrogen-bond donors (Lipinski definition) is 1. The number of rotatable bonds is 4. The molecule has 0 aliphatic carbocycles. The van der Waals surface area contributed by atoms with Crippen molar-refractivity contribution in [1.29, 1.82) is 0 Å². The van der Waals surface area contributed by atoms with Crippen LogP contribution in [0.15, 0.2) is 41.1 Å². The molecule has 2 aromatic rings. The molecule has 0 saturated carbocycles. The van der Waals surface area contributed by atoms with Crippen LogP contribution in [-0.4, -0.2) is 9.78 Å². The van der Waals surface area contributed by atoms with Gasteiger partial charge in [0.2, 0.25) is 0 Å². The van der Waals surface area contributed by atoms with Crippen LogP contribution in [0, 0.1) is 0 Å². The minimum atomic E-state index is 0.413. The number of hydrogen-bond acceptors (Lipinski definition) is 2. The Morgan fingerprint density at radius 2 is 2.00 bits per heavy atom. The van der Waals surface area contributed by atoms with E-state index in [1.807, 2.05) is 23.0 Å². The lowest BCUT2D eigenvalue weighted by molar-refractivity contribution is 0.532. The first kappa shape index (κ1) is 12.2. The molecule has 0 aliphatic rings. The smallest absolute Gasteiger partial charge is 0.0539 e. The normalized spacial score (nSPS) is 10.8. The van der Waals surface area contributed by atoms with Crippen molar-refractivity contribution >= 4 is 21.6 Å². The van der Waals surface area contributed by atoms with E-state index >= 15 is 0 Å². The van der Waals surface area contributed by atoms with E-state index in [0.29, 0.717) is 6.04 Å². The lowest BCUT2D eigenvalue weighted by Crippen LogP contribution is -2.01. The van der Waals surface area contributed by atoms with E-state index in [1.165, 1.54) is 5.56 Å². The Morgan fingerprint density at radius 1 is 1.29 bits per heavy atom. The molecule has 3 nitrogen and oxygen atoms in total. The number of halogens is 1. The van der Waals surface area contributed by atoms with Crippen LogP contribution in [0.3, 0.4) is 0 Å². The zero-order valence-corrected chi connectivity index (χ0v) is 11.6. The first-order valence-corrected chi connectivity index (χ1v) is 6.47. The average Bonchev–Trinajstić information content (AvgIpc) is 2.77. The Bertz CT molecular complexity index is 474. The summed E-state index contributed by atoms with van der Waals surface area (Å²) in [5.41, 5.74) is 2.31. The molecule has 2 rings (SSSR count). The summed E-state index contributed by atoms with van der Waals surface area (Å²) in [6.07, 6.45) is 3.99. The van der Waals surface area contributed by atoms with Crippen molar-refractivity contribution in [2.75, 3.05) is 5.32 Å². The monoisotopic (exact) mass is 293 g/mol. The van der Waals surface area contributed by atoms with Crippen LogP contribution in [-0.2, 0) is 6.54 Å². The first-order valence-electron chi connectivity index (χ1n) is 5.67. The lowest BCUT2D eigenvalue weighted by Gasteiger charge is -2.05. The van der Waals surface area contributed by atoms with Gasteiger partial charge in [0.25, 0.3) is 0 Å². The molecule has 0 atom stereocenters. The predicted octanol–water partition coefficient (Wildman–Crippen LogP) is 3.84. The third kappa shape index (κ3) is 3.33. The fourth-order valence-corrected chi connectivity index (χ4v) is 1.79.